The molecule has 0 bridgehead atoms. The minimum Gasteiger partial charge on any atom is -0.461 e. The molecule has 0 amide bonds. The number of nitrogens with zero attached hydrogens (tertiary/aromatic N) is 2. The maximum Gasteiger partial charge on any atom is 0.326 e. The highest BCUT2D eigenvalue weighted by atomic mass is 16.6. The fraction of sp³-hybridized carbons (Fsp3) is 0.609. The Kier molecular flexibility index (Phi) is 7.82. The number of aryl methyl sites for hydroxylation is 1. The lowest BCUT2D eigenvalue weighted by atomic mass is 9.75. The zero-order valence-corrected chi connectivity index (χ0v) is 18.3. The molecule has 1 fully saturated rings. The number of esters is 1. The summed E-state index contributed by atoms with van der Waals surface area (Å²) >= 11 is 0. The average molecular weight is 403 g/mol. The molecule has 0 spiro atoms. The number of allylic oxidation sites excluding steroid dienone is 1. The van der Waals surface area contributed by atoms with E-state index in [4.69, 9.17) is 4.74 Å². The Morgan fingerprint density at radius 2 is 2.07 bits per heavy atom. The summed E-state index contributed by atoms with van der Waals surface area (Å²) in [6.45, 7) is 14.5. The van der Waals surface area contributed by atoms with Crippen molar-refractivity contribution in [3.63, 3.8) is 0 Å². The second kappa shape index (κ2) is 9.90. The van der Waals surface area contributed by atoms with Crippen LogP contribution in [0.2, 0.25) is 0 Å². The fourth-order valence-corrected chi connectivity index (χ4v) is 4.15. The molecule has 1 saturated carbocycles. The number of ether oxygens (including phenoxy) is 1. The summed E-state index contributed by atoms with van der Waals surface area (Å²) in [7, 11) is 0. The van der Waals surface area contributed by atoms with Crippen molar-refractivity contribution in [1.82, 2.24) is 0 Å². The van der Waals surface area contributed by atoms with Crippen molar-refractivity contribution in [3.05, 3.63) is 46.2 Å². The summed E-state index contributed by atoms with van der Waals surface area (Å²) < 4.78 is 5.94. The number of nitro groups is 1. The maximum absolute atomic E-state index is 12.9. The van der Waals surface area contributed by atoms with Crippen molar-refractivity contribution < 1.29 is 14.5 Å². The van der Waals surface area contributed by atoms with Gasteiger partial charge in [-0.15, -0.1) is 0 Å². The number of non-ortho nitro benzene ring substituents is 1. The first kappa shape index (κ1) is 22.9. The number of carbonyl (C=O) groups excluding carboxylic acids is 1. The van der Waals surface area contributed by atoms with Crippen LogP contribution in [0.1, 0.15) is 58.9 Å². The van der Waals surface area contributed by atoms with E-state index in [0.717, 1.165) is 24.1 Å². The quantitative estimate of drug-likeness (QED) is 0.320. The Labute approximate surface area is 174 Å². The van der Waals surface area contributed by atoms with E-state index < -0.39 is 4.92 Å². The first-order chi connectivity index (χ1) is 13.6. The first-order valence-corrected chi connectivity index (χ1v) is 10.5. The molecule has 1 aromatic carbocycles. The van der Waals surface area contributed by atoms with E-state index in [1.807, 2.05) is 13.8 Å². The molecule has 6 nitrogen and oxygen atoms in total. The second-order valence-corrected chi connectivity index (χ2v) is 8.59. The summed E-state index contributed by atoms with van der Waals surface area (Å²) in [6, 6.07) is 4.68. The van der Waals surface area contributed by atoms with Gasteiger partial charge in [0.2, 0.25) is 0 Å². The minimum absolute atomic E-state index is 0.00434. The average Bonchev–Trinajstić information content (AvgIpc) is 2.65. The lowest BCUT2D eigenvalue weighted by Gasteiger charge is -2.37. The molecular formula is C23H34N2O4. The topological polar surface area (TPSA) is 72.7 Å². The molecule has 160 valence electrons. The maximum atomic E-state index is 12.9. The van der Waals surface area contributed by atoms with E-state index in [2.05, 4.69) is 27.4 Å². The van der Waals surface area contributed by atoms with Gasteiger partial charge in [0.05, 0.1) is 10.6 Å². The SMILES string of the molecule is C=C(CC)N(CC(=O)O[C@@H]1C[C@H](C)CC[C@H]1C(C)C)c1cc([N+](=O)[O-])ccc1C. The van der Waals surface area contributed by atoms with Crippen LogP contribution in [0.15, 0.2) is 30.5 Å². The van der Waals surface area contributed by atoms with E-state index in [9.17, 15) is 14.9 Å². The van der Waals surface area contributed by atoms with Crippen LogP contribution in [0.4, 0.5) is 11.4 Å². The summed E-state index contributed by atoms with van der Waals surface area (Å²) in [5.41, 5.74) is 2.20. The monoisotopic (exact) mass is 402 g/mol. The molecule has 0 unspecified atom stereocenters. The van der Waals surface area contributed by atoms with Gasteiger partial charge in [-0.3, -0.25) is 14.9 Å². The molecule has 0 aliphatic heterocycles. The molecule has 3 atom stereocenters. The van der Waals surface area contributed by atoms with Crippen LogP contribution in [0.25, 0.3) is 0 Å². The van der Waals surface area contributed by atoms with Gasteiger partial charge < -0.3 is 9.64 Å². The highest BCUT2D eigenvalue weighted by molar-refractivity contribution is 5.78. The van der Waals surface area contributed by atoms with Gasteiger partial charge in [0.15, 0.2) is 0 Å². The Bertz CT molecular complexity index is 759. The van der Waals surface area contributed by atoms with Gasteiger partial charge in [-0.1, -0.05) is 46.8 Å². The van der Waals surface area contributed by atoms with Crippen LogP contribution < -0.4 is 4.90 Å². The van der Waals surface area contributed by atoms with E-state index >= 15 is 0 Å². The zero-order valence-electron chi connectivity index (χ0n) is 18.3. The normalized spacial score (nSPS) is 21.7. The first-order valence-electron chi connectivity index (χ1n) is 10.5. The third-order valence-electron chi connectivity index (χ3n) is 6.02. The Balaban J connectivity index is 2.22. The van der Waals surface area contributed by atoms with Crippen LogP contribution in [-0.2, 0) is 9.53 Å². The van der Waals surface area contributed by atoms with E-state index in [0.29, 0.717) is 29.9 Å². The number of benzene rings is 1. The van der Waals surface area contributed by atoms with Crippen molar-refractivity contribution in [2.45, 2.75) is 66.4 Å². The van der Waals surface area contributed by atoms with Gasteiger partial charge in [-0.25, -0.2) is 0 Å². The smallest absolute Gasteiger partial charge is 0.326 e. The summed E-state index contributed by atoms with van der Waals surface area (Å²) in [5, 5.41) is 11.2. The minimum atomic E-state index is -0.426. The third kappa shape index (κ3) is 5.81. The lowest BCUT2D eigenvalue weighted by Crippen LogP contribution is -2.39. The number of nitro benzene ring substituents is 1. The molecule has 0 N–H and O–H groups in total. The predicted octanol–water partition coefficient (Wildman–Crippen LogP) is 5.64. The molecule has 1 aliphatic carbocycles. The molecule has 6 heteroatoms. The van der Waals surface area contributed by atoms with Gasteiger partial charge in [0, 0.05) is 17.8 Å². The number of rotatable bonds is 8. The highest BCUT2D eigenvalue weighted by Crippen LogP contribution is 2.36. The van der Waals surface area contributed by atoms with Crippen LogP contribution in [-0.4, -0.2) is 23.5 Å². The number of hydrogen-bond donors (Lipinski definition) is 0. The van der Waals surface area contributed by atoms with Crippen LogP contribution in [0.3, 0.4) is 0 Å². The standard InChI is InChI=1S/C23H34N2O4/c1-7-18(6)24(21-13-19(25(27)28)10-9-17(21)5)14-23(26)29-22-12-16(4)8-11-20(22)15(2)3/h9-10,13,15-16,20,22H,6-8,11-12,14H2,1-5H3/t16-,20+,22-/m1/s1. The van der Waals surface area contributed by atoms with Gasteiger partial charge in [0.25, 0.3) is 5.69 Å². The van der Waals surface area contributed by atoms with Crippen LogP contribution >= 0.6 is 0 Å². The van der Waals surface area contributed by atoms with E-state index in [-0.39, 0.29) is 24.3 Å². The fourth-order valence-electron chi connectivity index (χ4n) is 4.15. The highest BCUT2D eigenvalue weighted by Gasteiger charge is 2.34. The zero-order chi connectivity index (χ0) is 21.7. The number of hydrogen-bond acceptors (Lipinski definition) is 5. The van der Waals surface area contributed by atoms with E-state index in [1.54, 1.807) is 11.0 Å². The molecular weight excluding hydrogens is 368 g/mol. The molecule has 0 aromatic heterocycles. The van der Waals surface area contributed by atoms with Crippen LogP contribution in [0, 0.1) is 34.8 Å². The molecule has 1 aromatic rings. The Hall–Kier alpha value is -2.37. The summed E-state index contributed by atoms with van der Waals surface area (Å²) in [6.07, 6.45) is 3.69. The second-order valence-electron chi connectivity index (χ2n) is 8.59. The van der Waals surface area contributed by atoms with Gasteiger partial charge in [-0.05, 0) is 49.5 Å². The lowest BCUT2D eigenvalue weighted by molar-refractivity contribution is -0.384. The molecule has 0 saturated heterocycles. The Morgan fingerprint density at radius 3 is 2.66 bits per heavy atom. The van der Waals surface area contributed by atoms with Crippen molar-refractivity contribution in [2.75, 3.05) is 11.4 Å². The van der Waals surface area contributed by atoms with Crippen molar-refractivity contribution >= 4 is 17.3 Å². The molecule has 1 aliphatic rings. The van der Waals surface area contributed by atoms with E-state index in [1.165, 1.54) is 18.6 Å². The number of carbonyl (C=O) groups is 1. The summed E-state index contributed by atoms with van der Waals surface area (Å²) in [5.74, 6) is 1.07. The number of anilines is 1. The predicted molar refractivity (Wildman–Crippen MR) is 116 cm³/mol. The van der Waals surface area contributed by atoms with Gasteiger partial charge in [-0.2, -0.15) is 0 Å². The van der Waals surface area contributed by atoms with Crippen LogP contribution in [0.5, 0.6) is 0 Å². The molecule has 0 heterocycles. The third-order valence-corrected chi connectivity index (χ3v) is 6.02. The molecule has 0 radical (unpaired) electrons. The van der Waals surface area contributed by atoms with Gasteiger partial charge >= 0.3 is 5.97 Å². The van der Waals surface area contributed by atoms with Crippen molar-refractivity contribution in [1.29, 1.82) is 0 Å². The van der Waals surface area contributed by atoms with Crippen molar-refractivity contribution in [3.8, 4) is 0 Å². The van der Waals surface area contributed by atoms with Crippen molar-refractivity contribution in [2.24, 2.45) is 17.8 Å². The van der Waals surface area contributed by atoms with Gasteiger partial charge in [0.1, 0.15) is 12.6 Å². The Morgan fingerprint density at radius 1 is 1.38 bits per heavy atom. The largest absolute Gasteiger partial charge is 0.461 e. The molecule has 2 rings (SSSR count). The summed E-state index contributed by atoms with van der Waals surface area (Å²) in [4.78, 5) is 25.4. The molecule has 29 heavy (non-hydrogen) atoms.